The molecule has 4 N–H and O–H groups in total. The first-order chi connectivity index (χ1) is 19.3. The lowest BCUT2D eigenvalue weighted by Crippen LogP contribution is -2.35. The van der Waals surface area contributed by atoms with Gasteiger partial charge in [-0.1, -0.05) is 84.7 Å². The van der Waals surface area contributed by atoms with Crippen LogP contribution in [-0.4, -0.2) is 39.9 Å². The SMILES string of the molecule is CSNC1CCCCC1.Cc1cccc(CO)n1.O=C1N[C@@H](c2ccc(Cl)cc2Cl)Cc2ccccc21.O=CO. The topological polar surface area (TPSA) is 112 Å². The molecule has 7 nitrogen and oxygen atoms in total. The molecular weight excluding hydrogens is 569 g/mol. The molecule has 0 bridgehead atoms. The number of benzene rings is 2. The molecule has 1 aliphatic heterocycles. The minimum absolute atomic E-state index is 0.0294. The standard InChI is InChI=1S/C15H11Cl2NO.C7H9NO.C7H15NS.CH2O2/c16-10-5-6-12(13(17)8-10)14-7-9-3-1-2-4-11(9)15(19)18-14;1-6-3-2-4-7(5-9)8-6;1-9-8-7-5-3-2-4-6-7;2-1-3/h1-6,8,14H,7H2,(H,18,19);2-4,9H,5H2,1H3;7-8H,2-6H2,1H3;1H,(H,2,3)/t14-;;;/m1.../s1. The van der Waals surface area contributed by atoms with Crippen LogP contribution in [-0.2, 0) is 17.8 Å². The second kappa shape index (κ2) is 18.7. The van der Waals surface area contributed by atoms with Crippen molar-refractivity contribution in [2.75, 3.05) is 6.26 Å². The van der Waals surface area contributed by atoms with Crippen LogP contribution in [0.3, 0.4) is 0 Å². The molecule has 0 spiro atoms. The Morgan fingerprint density at radius 2 is 1.77 bits per heavy atom. The molecule has 216 valence electrons. The second-order valence-electron chi connectivity index (χ2n) is 9.24. The number of aryl methyl sites for hydroxylation is 1. The van der Waals surface area contributed by atoms with E-state index in [0.717, 1.165) is 40.5 Å². The van der Waals surface area contributed by atoms with Gasteiger partial charge in [0.2, 0.25) is 0 Å². The average molecular weight is 607 g/mol. The Bertz CT molecular complexity index is 1210. The molecule has 2 aliphatic rings. The first-order valence-corrected chi connectivity index (χ1v) is 15.0. The smallest absolute Gasteiger partial charge is 0.290 e. The summed E-state index contributed by atoms with van der Waals surface area (Å²) in [5.41, 5.74) is 4.36. The Kier molecular flexibility index (Phi) is 15.7. The molecule has 0 unspecified atom stereocenters. The quantitative estimate of drug-likeness (QED) is 0.191. The summed E-state index contributed by atoms with van der Waals surface area (Å²) in [6.45, 7) is 1.68. The van der Waals surface area contributed by atoms with Gasteiger partial charge in [0, 0.05) is 27.3 Å². The summed E-state index contributed by atoms with van der Waals surface area (Å²) in [6.07, 6.45) is 9.93. The van der Waals surface area contributed by atoms with E-state index in [4.69, 9.17) is 38.2 Å². The molecule has 1 aliphatic carbocycles. The largest absolute Gasteiger partial charge is 0.483 e. The highest BCUT2D eigenvalue weighted by atomic mass is 35.5. The second-order valence-corrected chi connectivity index (χ2v) is 10.7. The summed E-state index contributed by atoms with van der Waals surface area (Å²) in [5.74, 6) is -0.0575. The predicted octanol–water partition coefficient (Wildman–Crippen LogP) is 6.79. The zero-order valence-electron chi connectivity index (χ0n) is 22.8. The Hall–Kier alpha value is -2.62. The Labute approximate surface area is 250 Å². The molecule has 2 aromatic carbocycles. The summed E-state index contributed by atoms with van der Waals surface area (Å²) in [4.78, 5) is 24.5. The van der Waals surface area contributed by atoms with E-state index in [1.165, 1.54) is 32.1 Å². The van der Waals surface area contributed by atoms with Gasteiger partial charge in [-0.2, -0.15) is 0 Å². The minimum Gasteiger partial charge on any atom is -0.483 e. The molecule has 10 heteroatoms. The van der Waals surface area contributed by atoms with Crippen LogP contribution in [0.2, 0.25) is 10.0 Å². The maximum Gasteiger partial charge on any atom is 0.290 e. The number of nitrogens with one attached hydrogen (secondary N) is 2. The van der Waals surface area contributed by atoms with E-state index < -0.39 is 0 Å². The van der Waals surface area contributed by atoms with Crippen molar-refractivity contribution in [3.8, 4) is 0 Å². The van der Waals surface area contributed by atoms with Crippen molar-refractivity contribution < 1.29 is 19.8 Å². The monoisotopic (exact) mass is 605 g/mol. The van der Waals surface area contributed by atoms with E-state index in [1.807, 2.05) is 49.4 Å². The summed E-state index contributed by atoms with van der Waals surface area (Å²) in [6, 6.07) is 19.3. The molecule has 5 rings (SSSR count). The Morgan fingerprint density at radius 1 is 1.07 bits per heavy atom. The lowest BCUT2D eigenvalue weighted by molar-refractivity contribution is -0.122. The van der Waals surface area contributed by atoms with Gasteiger partial charge < -0.3 is 15.5 Å². The molecule has 2 heterocycles. The highest BCUT2D eigenvalue weighted by Gasteiger charge is 2.26. The van der Waals surface area contributed by atoms with E-state index in [9.17, 15) is 4.79 Å². The van der Waals surface area contributed by atoms with E-state index in [1.54, 1.807) is 30.1 Å². The number of carbonyl (C=O) groups is 2. The normalized spacial score (nSPS) is 15.9. The van der Waals surface area contributed by atoms with Crippen LogP contribution >= 0.6 is 35.1 Å². The van der Waals surface area contributed by atoms with Gasteiger partial charge in [0.1, 0.15) is 0 Å². The number of carboxylic acid groups (broad SMARTS) is 1. The van der Waals surface area contributed by atoms with Crippen molar-refractivity contribution in [3.63, 3.8) is 0 Å². The van der Waals surface area contributed by atoms with Crippen molar-refractivity contribution in [2.45, 2.75) is 64.1 Å². The predicted molar refractivity (Wildman–Crippen MR) is 164 cm³/mol. The zero-order chi connectivity index (χ0) is 29.3. The lowest BCUT2D eigenvalue weighted by atomic mass is 9.91. The molecule has 1 aromatic heterocycles. The maximum absolute atomic E-state index is 12.1. The molecule has 1 atom stereocenters. The highest BCUT2D eigenvalue weighted by molar-refractivity contribution is 7.96. The number of aromatic nitrogens is 1. The molecule has 3 aromatic rings. The van der Waals surface area contributed by atoms with Crippen LogP contribution < -0.4 is 10.0 Å². The average Bonchev–Trinajstić information content (AvgIpc) is 2.95. The van der Waals surface area contributed by atoms with E-state index in [0.29, 0.717) is 10.0 Å². The number of carbonyl (C=O) groups excluding carboxylic acids is 1. The fourth-order valence-corrected chi connectivity index (χ4v) is 5.58. The van der Waals surface area contributed by atoms with Crippen LogP contribution in [0.15, 0.2) is 60.7 Å². The Balaban J connectivity index is 0.000000223. The minimum atomic E-state index is -0.250. The third kappa shape index (κ3) is 11.5. The maximum atomic E-state index is 12.1. The van der Waals surface area contributed by atoms with E-state index >= 15 is 0 Å². The van der Waals surface area contributed by atoms with E-state index in [-0.39, 0.29) is 25.0 Å². The number of halogens is 2. The number of amides is 1. The summed E-state index contributed by atoms with van der Waals surface area (Å²) < 4.78 is 3.40. The van der Waals surface area contributed by atoms with Crippen LogP contribution in [0.25, 0.3) is 0 Å². The van der Waals surface area contributed by atoms with Crippen LogP contribution in [0.1, 0.15) is 71.0 Å². The molecule has 1 fully saturated rings. The van der Waals surface area contributed by atoms with Crippen molar-refractivity contribution in [3.05, 3.63) is 98.8 Å². The molecule has 1 amide bonds. The number of rotatable bonds is 4. The Morgan fingerprint density at radius 3 is 2.38 bits per heavy atom. The number of aliphatic hydroxyl groups is 1. The molecule has 40 heavy (non-hydrogen) atoms. The summed E-state index contributed by atoms with van der Waals surface area (Å²) in [7, 11) is 0. The first kappa shape index (κ1) is 33.6. The molecule has 0 radical (unpaired) electrons. The van der Waals surface area contributed by atoms with E-state index in [2.05, 4.69) is 21.3 Å². The number of aliphatic hydroxyl groups excluding tert-OH is 1. The van der Waals surface area contributed by atoms with Gasteiger partial charge in [-0.15, -0.1) is 0 Å². The zero-order valence-corrected chi connectivity index (χ0v) is 25.1. The number of nitrogens with zero attached hydrogens (tertiary/aromatic N) is 1. The lowest BCUT2D eigenvalue weighted by Gasteiger charge is -2.26. The van der Waals surface area contributed by atoms with Crippen molar-refractivity contribution in [1.29, 1.82) is 0 Å². The van der Waals surface area contributed by atoms with Crippen LogP contribution in [0.4, 0.5) is 0 Å². The summed E-state index contributed by atoms with van der Waals surface area (Å²) in [5, 5.41) is 19.6. The van der Waals surface area contributed by atoms with Crippen LogP contribution in [0.5, 0.6) is 0 Å². The first-order valence-electron chi connectivity index (χ1n) is 13.1. The third-order valence-electron chi connectivity index (χ3n) is 6.33. The van der Waals surface area contributed by atoms with Gasteiger partial charge in [0.15, 0.2) is 0 Å². The fourth-order valence-electron chi connectivity index (χ4n) is 4.47. The molecule has 1 saturated carbocycles. The number of hydrogen-bond donors (Lipinski definition) is 4. The number of fused-ring (bicyclic) bond motifs is 1. The van der Waals surface area contributed by atoms with Crippen molar-refractivity contribution >= 4 is 47.5 Å². The van der Waals surface area contributed by atoms with Crippen molar-refractivity contribution in [2.24, 2.45) is 0 Å². The van der Waals surface area contributed by atoms with Crippen molar-refractivity contribution in [1.82, 2.24) is 15.0 Å². The third-order valence-corrected chi connectivity index (χ3v) is 7.46. The fraction of sp³-hybridized carbons (Fsp3) is 0.367. The highest BCUT2D eigenvalue weighted by Crippen LogP contribution is 2.31. The van der Waals surface area contributed by atoms with Gasteiger partial charge in [0.25, 0.3) is 12.4 Å². The summed E-state index contributed by atoms with van der Waals surface area (Å²) >= 11 is 13.9. The number of pyridine rings is 1. The number of hydrogen-bond acceptors (Lipinski definition) is 6. The van der Waals surface area contributed by atoms with Gasteiger partial charge in [-0.25, -0.2) is 0 Å². The van der Waals surface area contributed by atoms with Gasteiger partial charge >= 0.3 is 0 Å². The van der Waals surface area contributed by atoms with Gasteiger partial charge in [0.05, 0.1) is 18.3 Å². The molecular formula is C30H37Cl2N3O4S. The van der Waals surface area contributed by atoms with Crippen LogP contribution in [0, 0.1) is 6.92 Å². The van der Waals surface area contributed by atoms with Gasteiger partial charge in [-0.3, -0.25) is 19.3 Å². The van der Waals surface area contributed by atoms with Gasteiger partial charge in [-0.05, 0) is 73.9 Å². The molecule has 0 saturated heterocycles.